The second-order valence-corrected chi connectivity index (χ2v) is 7.57. The van der Waals surface area contributed by atoms with Gasteiger partial charge in [0.1, 0.15) is 0 Å². The standard InChI is InChI=1S/C14H18ClNO2S/c1-2-7-16(14-6-8-19(17,18)11-14)10-12-4-3-5-13(15)9-12/h2-5,9,14H,1,6-8,10-11H2/t14-/m1/s1. The van der Waals surface area contributed by atoms with Crippen LogP contribution in [0.25, 0.3) is 0 Å². The number of rotatable bonds is 5. The van der Waals surface area contributed by atoms with E-state index < -0.39 is 9.84 Å². The highest BCUT2D eigenvalue weighted by Gasteiger charge is 2.31. The molecule has 104 valence electrons. The third-order valence-corrected chi connectivity index (χ3v) is 5.35. The summed E-state index contributed by atoms with van der Waals surface area (Å²) in [4.78, 5) is 2.16. The highest BCUT2D eigenvalue weighted by atomic mass is 35.5. The summed E-state index contributed by atoms with van der Waals surface area (Å²) < 4.78 is 23.2. The Bertz CT molecular complexity index is 556. The molecule has 0 N–H and O–H groups in total. The maximum atomic E-state index is 11.6. The van der Waals surface area contributed by atoms with Crippen LogP contribution in [0, 0.1) is 0 Å². The van der Waals surface area contributed by atoms with Crippen LogP contribution in [0.5, 0.6) is 0 Å². The lowest BCUT2D eigenvalue weighted by atomic mass is 10.1. The van der Waals surface area contributed by atoms with Gasteiger partial charge in [-0.3, -0.25) is 4.90 Å². The average Bonchev–Trinajstić information content (AvgIpc) is 2.69. The van der Waals surface area contributed by atoms with E-state index in [-0.39, 0.29) is 11.8 Å². The summed E-state index contributed by atoms with van der Waals surface area (Å²) in [6.07, 6.45) is 2.52. The molecule has 1 saturated heterocycles. The predicted octanol–water partition coefficient (Wildman–Crippen LogP) is 2.52. The monoisotopic (exact) mass is 299 g/mol. The van der Waals surface area contributed by atoms with Gasteiger partial charge < -0.3 is 0 Å². The number of hydrogen-bond acceptors (Lipinski definition) is 3. The normalized spacial score (nSPS) is 21.7. The summed E-state index contributed by atoms with van der Waals surface area (Å²) >= 11 is 5.98. The van der Waals surface area contributed by atoms with Crippen molar-refractivity contribution in [3.63, 3.8) is 0 Å². The minimum atomic E-state index is -2.86. The Morgan fingerprint density at radius 2 is 2.26 bits per heavy atom. The lowest BCUT2D eigenvalue weighted by Crippen LogP contribution is -2.35. The Kier molecular flexibility index (Phi) is 4.66. The van der Waals surface area contributed by atoms with Gasteiger partial charge in [-0.15, -0.1) is 6.58 Å². The van der Waals surface area contributed by atoms with Crippen LogP contribution in [-0.2, 0) is 16.4 Å². The van der Waals surface area contributed by atoms with Gasteiger partial charge in [0, 0.05) is 24.2 Å². The van der Waals surface area contributed by atoms with Gasteiger partial charge in [-0.05, 0) is 24.1 Å². The predicted molar refractivity (Wildman–Crippen MR) is 79.1 cm³/mol. The fourth-order valence-corrected chi connectivity index (χ4v) is 4.42. The van der Waals surface area contributed by atoms with Gasteiger partial charge >= 0.3 is 0 Å². The Morgan fingerprint density at radius 1 is 1.47 bits per heavy atom. The first-order valence-electron chi connectivity index (χ1n) is 6.30. The summed E-state index contributed by atoms with van der Waals surface area (Å²) in [6, 6.07) is 7.76. The lowest BCUT2D eigenvalue weighted by molar-refractivity contribution is 0.227. The first-order valence-corrected chi connectivity index (χ1v) is 8.50. The number of hydrogen-bond donors (Lipinski definition) is 0. The van der Waals surface area contributed by atoms with E-state index in [1.807, 2.05) is 30.3 Å². The molecule has 0 spiro atoms. The molecular formula is C14H18ClNO2S. The molecule has 2 rings (SSSR count). The Hall–Kier alpha value is -0.840. The maximum absolute atomic E-state index is 11.6. The zero-order valence-electron chi connectivity index (χ0n) is 10.8. The van der Waals surface area contributed by atoms with Crippen LogP contribution < -0.4 is 0 Å². The van der Waals surface area contributed by atoms with Crippen molar-refractivity contribution in [2.75, 3.05) is 18.1 Å². The molecule has 1 fully saturated rings. The zero-order valence-corrected chi connectivity index (χ0v) is 12.3. The van der Waals surface area contributed by atoms with Gasteiger partial charge in [0.05, 0.1) is 11.5 Å². The fourth-order valence-electron chi connectivity index (χ4n) is 2.44. The third-order valence-electron chi connectivity index (χ3n) is 3.36. The minimum absolute atomic E-state index is 0.0852. The van der Waals surface area contributed by atoms with Crippen molar-refractivity contribution < 1.29 is 8.42 Å². The second kappa shape index (κ2) is 6.07. The van der Waals surface area contributed by atoms with Crippen LogP contribution in [0.4, 0.5) is 0 Å². The molecule has 1 aromatic carbocycles. The van der Waals surface area contributed by atoms with Crippen molar-refractivity contribution in [2.45, 2.75) is 19.0 Å². The van der Waals surface area contributed by atoms with E-state index in [1.54, 1.807) is 0 Å². The molecule has 0 aromatic heterocycles. The van der Waals surface area contributed by atoms with E-state index in [9.17, 15) is 8.42 Å². The SMILES string of the molecule is C=CCN(Cc1cccc(Cl)c1)[C@@H]1CCS(=O)(=O)C1. The third kappa shape index (κ3) is 4.06. The zero-order chi connectivity index (χ0) is 13.9. The fraction of sp³-hybridized carbons (Fsp3) is 0.429. The van der Waals surface area contributed by atoms with Crippen molar-refractivity contribution in [2.24, 2.45) is 0 Å². The Morgan fingerprint density at radius 3 is 2.84 bits per heavy atom. The molecule has 0 bridgehead atoms. The molecule has 0 amide bonds. The van der Waals surface area contributed by atoms with Crippen molar-refractivity contribution in [3.05, 3.63) is 47.5 Å². The van der Waals surface area contributed by atoms with E-state index in [2.05, 4.69) is 11.5 Å². The van der Waals surface area contributed by atoms with Crippen LogP contribution in [0.15, 0.2) is 36.9 Å². The molecule has 3 nitrogen and oxygen atoms in total. The van der Waals surface area contributed by atoms with Gasteiger partial charge in [0.15, 0.2) is 9.84 Å². The highest BCUT2D eigenvalue weighted by Crippen LogP contribution is 2.21. The summed E-state index contributed by atoms with van der Waals surface area (Å²) in [5.74, 6) is 0.544. The lowest BCUT2D eigenvalue weighted by Gasteiger charge is -2.26. The van der Waals surface area contributed by atoms with Gasteiger partial charge in [-0.1, -0.05) is 29.8 Å². The van der Waals surface area contributed by atoms with Crippen molar-refractivity contribution in [3.8, 4) is 0 Å². The first-order chi connectivity index (χ1) is 9.00. The molecule has 1 aromatic rings. The quantitative estimate of drug-likeness (QED) is 0.784. The summed E-state index contributed by atoms with van der Waals surface area (Å²) in [5, 5.41) is 0.704. The Balaban J connectivity index is 2.10. The molecule has 1 aliphatic heterocycles. The van der Waals surface area contributed by atoms with E-state index in [0.717, 1.165) is 5.56 Å². The van der Waals surface area contributed by atoms with Crippen LogP contribution in [0.1, 0.15) is 12.0 Å². The van der Waals surface area contributed by atoms with Gasteiger partial charge in [0.25, 0.3) is 0 Å². The molecule has 0 unspecified atom stereocenters. The molecule has 1 atom stereocenters. The number of sulfone groups is 1. The second-order valence-electron chi connectivity index (χ2n) is 4.90. The van der Waals surface area contributed by atoms with Gasteiger partial charge in [0.2, 0.25) is 0 Å². The molecular weight excluding hydrogens is 282 g/mol. The number of halogens is 1. The molecule has 5 heteroatoms. The molecule has 1 aliphatic rings. The maximum Gasteiger partial charge on any atom is 0.151 e. The summed E-state index contributed by atoms with van der Waals surface area (Å²) in [6.45, 7) is 5.14. The molecule has 0 aliphatic carbocycles. The first kappa shape index (κ1) is 14.6. The molecule has 1 heterocycles. The molecule has 0 radical (unpaired) electrons. The highest BCUT2D eigenvalue weighted by molar-refractivity contribution is 7.91. The van der Waals surface area contributed by atoms with E-state index in [4.69, 9.17) is 11.6 Å². The van der Waals surface area contributed by atoms with Crippen molar-refractivity contribution >= 4 is 21.4 Å². The largest absolute Gasteiger partial charge is 0.291 e. The summed E-state index contributed by atoms with van der Waals surface area (Å²) in [5.41, 5.74) is 1.10. The topological polar surface area (TPSA) is 37.4 Å². The Labute approximate surface area is 119 Å². The molecule has 19 heavy (non-hydrogen) atoms. The van der Waals surface area contributed by atoms with E-state index in [0.29, 0.717) is 30.3 Å². The van der Waals surface area contributed by atoms with Crippen molar-refractivity contribution in [1.29, 1.82) is 0 Å². The van der Waals surface area contributed by atoms with E-state index >= 15 is 0 Å². The van der Waals surface area contributed by atoms with Gasteiger partial charge in [-0.2, -0.15) is 0 Å². The smallest absolute Gasteiger partial charge is 0.151 e. The van der Waals surface area contributed by atoms with Gasteiger partial charge in [-0.25, -0.2) is 8.42 Å². The van der Waals surface area contributed by atoms with Crippen molar-refractivity contribution in [1.82, 2.24) is 4.90 Å². The minimum Gasteiger partial charge on any atom is -0.291 e. The summed E-state index contributed by atoms with van der Waals surface area (Å²) in [7, 11) is -2.86. The number of nitrogens with zero attached hydrogens (tertiary/aromatic N) is 1. The van der Waals surface area contributed by atoms with E-state index in [1.165, 1.54) is 0 Å². The average molecular weight is 300 g/mol. The van der Waals surface area contributed by atoms with Crippen LogP contribution >= 0.6 is 11.6 Å². The molecule has 0 saturated carbocycles. The van der Waals surface area contributed by atoms with Crippen LogP contribution in [-0.4, -0.2) is 37.4 Å². The number of benzene rings is 1. The van der Waals surface area contributed by atoms with Crippen LogP contribution in [0.2, 0.25) is 5.02 Å². The van der Waals surface area contributed by atoms with Crippen LogP contribution in [0.3, 0.4) is 0 Å².